The van der Waals surface area contributed by atoms with Gasteiger partial charge in [-0.2, -0.15) is 0 Å². The molecular weight excluding hydrogens is 697 g/mol. The molecule has 11 aromatic rings. The summed E-state index contributed by atoms with van der Waals surface area (Å²) < 4.78 is 11.4. The van der Waals surface area contributed by atoms with Crippen molar-refractivity contribution < 1.29 is 4.42 Å². The van der Waals surface area contributed by atoms with E-state index in [0.29, 0.717) is 5.82 Å². The molecule has 0 amide bonds. The summed E-state index contributed by atoms with van der Waals surface area (Å²) in [6, 6.07) is 62.3. The van der Waals surface area contributed by atoms with Gasteiger partial charge in [0, 0.05) is 60.2 Å². The van der Waals surface area contributed by atoms with Crippen LogP contribution in [-0.2, 0) is 0 Å². The largest absolute Gasteiger partial charge is 0.456 e. The Morgan fingerprint density at radius 3 is 1.53 bits per heavy atom. The van der Waals surface area contributed by atoms with E-state index in [1.807, 2.05) is 12.1 Å². The minimum absolute atomic E-state index is 0.689. The van der Waals surface area contributed by atoms with Crippen LogP contribution in [0.4, 0.5) is 0 Å². The predicted molar refractivity (Wildman–Crippen MR) is 233 cm³/mol. The van der Waals surface area contributed by atoms with Crippen molar-refractivity contribution in [2.75, 3.05) is 0 Å². The van der Waals surface area contributed by atoms with Gasteiger partial charge in [-0.15, -0.1) is 0 Å². The molecule has 12 rings (SSSR count). The van der Waals surface area contributed by atoms with Crippen molar-refractivity contribution in [3.8, 4) is 33.9 Å². The lowest BCUT2D eigenvalue weighted by atomic mass is 10.00. The van der Waals surface area contributed by atoms with Crippen LogP contribution >= 0.6 is 0 Å². The van der Waals surface area contributed by atoms with Crippen molar-refractivity contribution in [3.63, 3.8) is 0 Å². The number of rotatable bonds is 5. The molecule has 0 radical (unpaired) electrons. The van der Waals surface area contributed by atoms with Crippen LogP contribution in [-0.4, -0.2) is 19.1 Å². The molecule has 0 aliphatic heterocycles. The molecular formula is C52H34N4O. The lowest BCUT2D eigenvalue weighted by Crippen LogP contribution is -2.27. The first kappa shape index (κ1) is 31.8. The van der Waals surface area contributed by atoms with Crippen LogP contribution in [0.15, 0.2) is 180 Å². The van der Waals surface area contributed by atoms with Crippen molar-refractivity contribution in [3.05, 3.63) is 192 Å². The fourth-order valence-corrected chi connectivity index (χ4v) is 9.18. The van der Waals surface area contributed by atoms with E-state index < -0.39 is 0 Å². The minimum Gasteiger partial charge on any atom is -0.456 e. The Hall–Kier alpha value is -7.50. The van der Waals surface area contributed by atoms with E-state index in [4.69, 9.17) is 14.4 Å². The Morgan fingerprint density at radius 1 is 0.456 bits per heavy atom. The van der Waals surface area contributed by atoms with E-state index >= 15 is 0 Å². The molecule has 268 valence electrons. The van der Waals surface area contributed by atoms with Gasteiger partial charge in [0.25, 0.3) is 0 Å². The molecule has 0 atom stereocenters. The Labute approximate surface area is 327 Å². The molecule has 5 heteroatoms. The Morgan fingerprint density at radius 2 is 0.947 bits per heavy atom. The minimum atomic E-state index is 0.689. The first-order valence-electron chi connectivity index (χ1n) is 19.6. The van der Waals surface area contributed by atoms with Crippen molar-refractivity contribution >= 4 is 66.2 Å². The Kier molecular flexibility index (Phi) is 6.99. The second-order valence-electron chi connectivity index (χ2n) is 14.8. The highest BCUT2D eigenvalue weighted by molar-refractivity contribution is 6.15. The first-order valence-corrected chi connectivity index (χ1v) is 19.6. The second-order valence-corrected chi connectivity index (χ2v) is 14.8. The van der Waals surface area contributed by atoms with Gasteiger partial charge < -0.3 is 13.6 Å². The molecule has 5 nitrogen and oxygen atoms in total. The summed E-state index contributed by atoms with van der Waals surface area (Å²) in [6.07, 6.45) is 3.95. The summed E-state index contributed by atoms with van der Waals surface area (Å²) in [5.74, 6) is 0.689. The highest BCUT2D eigenvalue weighted by Gasteiger charge is 2.23. The van der Waals surface area contributed by atoms with Crippen LogP contribution in [0.2, 0.25) is 0 Å². The number of furan rings is 1. The summed E-state index contributed by atoms with van der Waals surface area (Å²) in [4.78, 5) is 11.1. The van der Waals surface area contributed by atoms with Crippen LogP contribution in [0.1, 0.15) is 18.7 Å². The Balaban J connectivity index is 1.22. The van der Waals surface area contributed by atoms with Gasteiger partial charge in [0.05, 0.1) is 33.5 Å². The zero-order valence-corrected chi connectivity index (χ0v) is 30.9. The number of hydrogen-bond acceptors (Lipinski definition) is 3. The number of benzene rings is 7. The third-order valence-corrected chi connectivity index (χ3v) is 11.6. The van der Waals surface area contributed by atoms with Gasteiger partial charge in [0.2, 0.25) is 0 Å². The summed E-state index contributed by atoms with van der Waals surface area (Å²) in [7, 11) is 0. The number of hydrogen-bond donors (Lipinski definition) is 0. The average Bonchev–Trinajstić information content (AvgIpc) is 3.95. The number of fused-ring (bicyclic) bond motifs is 9. The molecule has 0 unspecified atom stereocenters. The highest BCUT2D eigenvalue weighted by atomic mass is 16.3. The van der Waals surface area contributed by atoms with Gasteiger partial charge in [0.1, 0.15) is 11.0 Å². The van der Waals surface area contributed by atoms with Crippen molar-refractivity contribution in [1.82, 2.24) is 19.1 Å². The van der Waals surface area contributed by atoms with Crippen molar-refractivity contribution in [2.24, 2.45) is 0 Å². The summed E-state index contributed by atoms with van der Waals surface area (Å²) in [5, 5.41) is 7.01. The second kappa shape index (κ2) is 12.5. The fourth-order valence-electron chi connectivity index (χ4n) is 9.18. The van der Waals surface area contributed by atoms with Crippen LogP contribution in [0.25, 0.3) is 100 Å². The first-order chi connectivity index (χ1) is 28.3. The van der Waals surface area contributed by atoms with Gasteiger partial charge in [-0.05, 0) is 61.4 Å². The third-order valence-electron chi connectivity index (χ3n) is 11.6. The monoisotopic (exact) mass is 730 g/mol. The van der Waals surface area contributed by atoms with Gasteiger partial charge >= 0.3 is 0 Å². The van der Waals surface area contributed by atoms with Crippen LogP contribution in [0.5, 0.6) is 0 Å². The van der Waals surface area contributed by atoms with E-state index in [1.54, 1.807) is 0 Å². The molecule has 0 N–H and O–H groups in total. The standard InChI is InChI=1S/C52H34N4O/c1-3-16-33(17-4-1)55-46-29-10-7-20-35(46)38-23-13-26-41(49(38)55)44-32-45(54-52(53-44)43-28-15-25-40-37-22-9-12-31-48(37)57-51(40)43)42-27-14-24-39-36-21-8-11-30-47(36)56(50(39)42)34-18-5-2-6-19-34/h1-14,16-27,29-32H,15,28H2. The zero-order valence-electron chi connectivity index (χ0n) is 30.9. The number of para-hydroxylation sites is 7. The van der Waals surface area contributed by atoms with E-state index in [-0.39, 0.29) is 0 Å². The molecule has 0 saturated heterocycles. The Bertz CT molecular complexity index is 3340. The van der Waals surface area contributed by atoms with Gasteiger partial charge in [-0.25, -0.2) is 9.97 Å². The topological polar surface area (TPSA) is 48.8 Å². The molecule has 4 aromatic heterocycles. The van der Waals surface area contributed by atoms with Gasteiger partial charge in [0.15, 0.2) is 5.82 Å². The summed E-state index contributed by atoms with van der Waals surface area (Å²) >= 11 is 0. The molecule has 1 aliphatic carbocycles. The normalized spacial score (nSPS) is 12.9. The lowest BCUT2D eigenvalue weighted by Gasteiger charge is -2.16. The van der Waals surface area contributed by atoms with E-state index in [2.05, 4.69) is 179 Å². The van der Waals surface area contributed by atoms with Crippen LogP contribution in [0, 0.1) is 0 Å². The predicted octanol–water partition coefficient (Wildman–Crippen LogP) is 11.5. The van der Waals surface area contributed by atoms with Crippen LogP contribution < -0.4 is 10.6 Å². The number of aromatic nitrogens is 4. The fraction of sp³-hybridized carbons (Fsp3) is 0.0385. The average molecular weight is 731 g/mol. The maximum absolute atomic E-state index is 6.67. The van der Waals surface area contributed by atoms with Gasteiger partial charge in [-0.1, -0.05) is 133 Å². The van der Waals surface area contributed by atoms with Crippen LogP contribution in [0.3, 0.4) is 0 Å². The molecule has 0 saturated carbocycles. The lowest BCUT2D eigenvalue weighted by molar-refractivity contribution is 0.567. The molecule has 0 bridgehead atoms. The molecule has 4 heterocycles. The molecule has 0 spiro atoms. The smallest absolute Gasteiger partial charge is 0.160 e. The van der Waals surface area contributed by atoms with Crippen molar-refractivity contribution in [2.45, 2.75) is 12.8 Å². The van der Waals surface area contributed by atoms with Crippen molar-refractivity contribution in [1.29, 1.82) is 0 Å². The molecule has 57 heavy (non-hydrogen) atoms. The van der Waals surface area contributed by atoms with E-state index in [9.17, 15) is 0 Å². The summed E-state index contributed by atoms with van der Waals surface area (Å²) in [6.45, 7) is 0. The molecule has 7 aromatic carbocycles. The highest BCUT2D eigenvalue weighted by Crippen LogP contribution is 2.41. The third kappa shape index (κ3) is 4.82. The van der Waals surface area contributed by atoms with Gasteiger partial charge in [-0.3, -0.25) is 0 Å². The van der Waals surface area contributed by atoms with E-state index in [0.717, 1.165) is 96.0 Å². The maximum atomic E-state index is 6.67. The summed E-state index contributed by atoms with van der Waals surface area (Å²) in [5.41, 5.74) is 13.3. The molecule has 0 fully saturated rings. The molecule has 1 aliphatic rings. The maximum Gasteiger partial charge on any atom is 0.160 e. The quantitative estimate of drug-likeness (QED) is 0.177. The zero-order chi connectivity index (χ0) is 37.5. The SMILES string of the molecule is C1=c2c(oc3ccccc23)=C(c2nc(-c3cccc4c5ccccc5n(-c5ccccc5)c34)cc(-c3cccc4c5ccccc5n(-c5ccccc5)c34)n2)CC1. The number of nitrogens with zero attached hydrogens (tertiary/aromatic N) is 4. The van der Waals surface area contributed by atoms with E-state index in [1.165, 1.54) is 21.5 Å².